The molecule has 0 atom stereocenters. The van der Waals surface area contributed by atoms with Crippen molar-refractivity contribution < 1.29 is 9.66 Å². The van der Waals surface area contributed by atoms with Crippen LogP contribution in [0.2, 0.25) is 5.02 Å². The van der Waals surface area contributed by atoms with Gasteiger partial charge in [-0.05, 0) is 30.7 Å². The minimum Gasteiger partial charge on any atom is -0.488 e. The van der Waals surface area contributed by atoms with Gasteiger partial charge in [0.2, 0.25) is 0 Å². The number of nitro benzene ring substituents is 1. The number of anilines is 1. The van der Waals surface area contributed by atoms with Crippen LogP contribution in [0.15, 0.2) is 36.4 Å². The fourth-order valence-corrected chi connectivity index (χ4v) is 1.88. The highest BCUT2D eigenvalue weighted by Crippen LogP contribution is 2.25. The molecule has 2 aromatic rings. The molecular formula is C14H13ClN2O3. The quantitative estimate of drug-likeness (QED) is 0.529. The molecule has 0 aliphatic heterocycles. The zero-order valence-corrected chi connectivity index (χ0v) is 11.6. The molecule has 0 unspecified atom stereocenters. The first-order valence-corrected chi connectivity index (χ1v) is 6.27. The molecular weight excluding hydrogens is 280 g/mol. The van der Waals surface area contributed by atoms with Crippen LogP contribution in [-0.4, -0.2) is 4.92 Å². The van der Waals surface area contributed by atoms with E-state index < -0.39 is 4.92 Å². The average molecular weight is 293 g/mol. The number of rotatable bonds is 4. The lowest BCUT2D eigenvalue weighted by Crippen LogP contribution is -2.02. The molecule has 0 bridgehead atoms. The van der Waals surface area contributed by atoms with Crippen LogP contribution in [0, 0.1) is 17.0 Å². The number of hydrogen-bond acceptors (Lipinski definition) is 4. The molecule has 2 aromatic carbocycles. The molecule has 0 heterocycles. The summed E-state index contributed by atoms with van der Waals surface area (Å²) in [5, 5.41) is 11.3. The minimum absolute atomic E-state index is 0.0133. The third-order valence-corrected chi connectivity index (χ3v) is 3.11. The minimum atomic E-state index is -0.465. The van der Waals surface area contributed by atoms with Crippen molar-refractivity contribution in [2.24, 2.45) is 0 Å². The number of hydrogen-bond donors (Lipinski definition) is 1. The van der Waals surface area contributed by atoms with Gasteiger partial charge >= 0.3 is 0 Å². The maximum Gasteiger partial charge on any atom is 0.269 e. The maximum absolute atomic E-state index is 10.7. The third-order valence-electron chi connectivity index (χ3n) is 2.87. The second-order valence-electron chi connectivity index (χ2n) is 4.34. The molecule has 0 fully saturated rings. The van der Waals surface area contributed by atoms with Crippen molar-refractivity contribution >= 4 is 23.0 Å². The molecule has 20 heavy (non-hydrogen) atoms. The van der Waals surface area contributed by atoms with Crippen molar-refractivity contribution in [3.8, 4) is 5.75 Å². The third kappa shape index (κ3) is 3.19. The lowest BCUT2D eigenvalue weighted by atomic mass is 10.1. The normalized spacial score (nSPS) is 10.3. The van der Waals surface area contributed by atoms with E-state index in [2.05, 4.69) is 0 Å². The highest BCUT2D eigenvalue weighted by molar-refractivity contribution is 6.30. The molecule has 5 nitrogen and oxygen atoms in total. The van der Waals surface area contributed by atoms with Gasteiger partial charge in [0.1, 0.15) is 12.4 Å². The summed E-state index contributed by atoms with van der Waals surface area (Å²) in [5.41, 5.74) is 7.73. The summed E-state index contributed by atoms with van der Waals surface area (Å²) in [6.45, 7) is 2.04. The van der Waals surface area contributed by atoms with E-state index in [-0.39, 0.29) is 12.3 Å². The van der Waals surface area contributed by atoms with E-state index in [1.165, 1.54) is 18.2 Å². The second kappa shape index (κ2) is 5.79. The van der Waals surface area contributed by atoms with E-state index in [4.69, 9.17) is 22.1 Å². The largest absolute Gasteiger partial charge is 0.488 e. The Morgan fingerprint density at radius 1 is 1.30 bits per heavy atom. The number of benzene rings is 2. The molecule has 6 heteroatoms. The Morgan fingerprint density at radius 2 is 2.05 bits per heavy atom. The van der Waals surface area contributed by atoms with Crippen molar-refractivity contribution in [2.75, 3.05) is 5.73 Å². The van der Waals surface area contributed by atoms with E-state index in [9.17, 15) is 10.1 Å². The molecule has 0 radical (unpaired) electrons. The first-order chi connectivity index (χ1) is 9.47. The van der Waals surface area contributed by atoms with Crippen LogP contribution in [0.25, 0.3) is 0 Å². The Labute approximate surface area is 121 Å². The first-order valence-electron chi connectivity index (χ1n) is 5.89. The van der Waals surface area contributed by atoms with Gasteiger partial charge < -0.3 is 10.5 Å². The highest BCUT2D eigenvalue weighted by atomic mass is 35.5. The van der Waals surface area contributed by atoms with Crippen LogP contribution in [0.4, 0.5) is 11.4 Å². The Balaban J connectivity index is 2.20. The molecule has 0 spiro atoms. The topological polar surface area (TPSA) is 78.4 Å². The van der Waals surface area contributed by atoms with Gasteiger partial charge in [0.25, 0.3) is 5.69 Å². The maximum atomic E-state index is 10.7. The van der Waals surface area contributed by atoms with Gasteiger partial charge in [-0.2, -0.15) is 0 Å². The SMILES string of the molecule is Cc1ccc(Cl)cc1OCc1cc([N+](=O)[O-])ccc1N. The molecule has 104 valence electrons. The number of ether oxygens (including phenoxy) is 1. The Kier molecular flexibility index (Phi) is 4.10. The number of nitrogens with zero attached hydrogens (tertiary/aromatic N) is 1. The summed E-state index contributed by atoms with van der Waals surface area (Å²) in [6.07, 6.45) is 0. The smallest absolute Gasteiger partial charge is 0.269 e. The number of nitrogen functional groups attached to an aromatic ring is 1. The fourth-order valence-electron chi connectivity index (χ4n) is 1.72. The summed E-state index contributed by atoms with van der Waals surface area (Å²) in [7, 11) is 0. The fraction of sp³-hybridized carbons (Fsp3) is 0.143. The van der Waals surface area contributed by atoms with E-state index in [0.29, 0.717) is 22.0 Å². The Morgan fingerprint density at radius 3 is 2.75 bits per heavy atom. The lowest BCUT2D eigenvalue weighted by molar-refractivity contribution is -0.384. The molecule has 0 aromatic heterocycles. The molecule has 0 aliphatic rings. The van der Waals surface area contributed by atoms with Crippen molar-refractivity contribution in [3.05, 3.63) is 62.7 Å². The zero-order chi connectivity index (χ0) is 14.7. The van der Waals surface area contributed by atoms with Crippen molar-refractivity contribution in [3.63, 3.8) is 0 Å². The van der Waals surface area contributed by atoms with E-state index >= 15 is 0 Å². The molecule has 0 saturated heterocycles. The van der Waals surface area contributed by atoms with E-state index in [1.54, 1.807) is 12.1 Å². The predicted octanol–water partition coefficient (Wildman–Crippen LogP) is 3.72. The number of non-ortho nitro benzene ring substituents is 1. The van der Waals surface area contributed by atoms with Crippen LogP contribution in [0.1, 0.15) is 11.1 Å². The number of nitro groups is 1. The number of nitrogens with two attached hydrogens (primary N) is 1. The molecule has 0 saturated carbocycles. The number of halogens is 1. The van der Waals surface area contributed by atoms with Crippen molar-refractivity contribution in [1.82, 2.24) is 0 Å². The average Bonchev–Trinajstić information content (AvgIpc) is 2.41. The van der Waals surface area contributed by atoms with Gasteiger partial charge in [-0.1, -0.05) is 17.7 Å². The van der Waals surface area contributed by atoms with Gasteiger partial charge in [0.05, 0.1) is 4.92 Å². The first kappa shape index (κ1) is 14.1. The van der Waals surface area contributed by atoms with Gasteiger partial charge in [-0.25, -0.2) is 0 Å². The van der Waals surface area contributed by atoms with Gasteiger partial charge in [-0.15, -0.1) is 0 Å². The summed E-state index contributed by atoms with van der Waals surface area (Å²) in [4.78, 5) is 10.3. The van der Waals surface area contributed by atoms with Crippen LogP contribution >= 0.6 is 11.6 Å². The molecule has 0 aliphatic carbocycles. The monoisotopic (exact) mass is 292 g/mol. The summed E-state index contributed by atoms with van der Waals surface area (Å²) < 4.78 is 5.63. The van der Waals surface area contributed by atoms with Crippen LogP contribution in [0.3, 0.4) is 0 Å². The van der Waals surface area contributed by atoms with Crippen LogP contribution < -0.4 is 10.5 Å². The van der Waals surface area contributed by atoms with E-state index in [0.717, 1.165) is 5.56 Å². The second-order valence-corrected chi connectivity index (χ2v) is 4.78. The van der Waals surface area contributed by atoms with Crippen molar-refractivity contribution in [1.29, 1.82) is 0 Å². The summed E-state index contributed by atoms with van der Waals surface area (Å²) >= 11 is 5.90. The molecule has 2 rings (SSSR count). The summed E-state index contributed by atoms with van der Waals surface area (Å²) in [6, 6.07) is 9.59. The van der Waals surface area contributed by atoms with Crippen molar-refractivity contribution in [2.45, 2.75) is 13.5 Å². The van der Waals surface area contributed by atoms with Crippen LogP contribution in [0.5, 0.6) is 5.75 Å². The highest BCUT2D eigenvalue weighted by Gasteiger charge is 2.10. The molecule has 0 amide bonds. The standard InChI is InChI=1S/C14H13ClN2O3/c1-9-2-3-11(15)7-14(9)20-8-10-6-12(17(18)19)4-5-13(10)16/h2-7H,8,16H2,1H3. The van der Waals surface area contributed by atoms with Crippen LogP contribution in [-0.2, 0) is 6.61 Å². The Hall–Kier alpha value is -2.27. The summed E-state index contributed by atoms with van der Waals surface area (Å²) in [5.74, 6) is 0.628. The van der Waals surface area contributed by atoms with Gasteiger partial charge in [-0.3, -0.25) is 10.1 Å². The van der Waals surface area contributed by atoms with E-state index in [1.807, 2.05) is 13.0 Å². The molecule has 2 N–H and O–H groups in total. The zero-order valence-electron chi connectivity index (χ0n) is 10.8. The number of aryl methyl sites for hydroxylation is 1. The Bertz CT molecular complexity index is 659. The lowest BCUT2D eigenvalue weighted by Gasteiger charge is -2.11. The predicted molar refractivity (Wildman–Crippen MR) is 78.0 cm³/mol. The van der Waals surface area contributed by atoms with Gasteiger partial charge in [0.15, 0.2) is 0 Å². The van der Waals surface area contributed by atoms with Gasteiger partial charge in [0, 0.05) is 28.4 Å².